The number of morpholine rings is 1. The topological polar surface area (TPSA) is 102 Å². The summed E-state index contributed by atoms with van der Waals surface area (Å²) < 4.78 is 25.6. The Morgan fingerprint density at radius 1 is 0.452 bits per heavy atom. The minimum atomic E-state index is -0.158. The average molecular weight is 1790 g/mol. The number of ether oxygens (including phenoxy) is 2. The van der Waals surface area contributed by atoms with Crippen LogP contribution in [0.2, 0.25) is 0 Å². The molecular formula is C109H169BrFN13O2. The Hall–Kier alpha value is -6.38. The van der Waals surface area contributed by atoms with Gasteiger partial charge in [0.1, 0.15) is 22.0 Å². The average Bonchev–Trinajstić information content (AvgIpc) is 1.39. The van der Waals surface area contributed by atoms with E-state index in [0.717, 1.165) is 167 Å². The molecule has 126 heavy (non-hydrogen) atoms. The molecule has 17 heteroatoms. The highest BCUT2D eigenvalue weighted by atomic mass is 79.9. The predicted molar refractivity (Wildman–Crippen MR) is 535 cm³/mol. The van der Waals surface area contributed by atoms with Crippen LogP contribution in [-0.2, 0) is 44.0 Å². The Morgan fingerprint density at radius 2 is 0.905 bits per heavy atom. The van der Waals surface area contributed by atoms with Crippen molar-refractivity contribution in [2.45, 2.75) is 240 Å². The standard InChI is InChI=1S/C22H32N2.C21H36N2O.C19H31N3O.C18H25FN2.C15H23BrN2.C14H22N2/c1-22(2,3)18-12-14-24(15-13-18)16-17-10-11-21(23(4)5)20-9-7-6-8-19(17)20;1-21(2,3)19-11-14-23(15-12-19)17-18-7-9-20(10-8-18)24-16-6-13-22(4)5;1-19(2,3)16-7-9-21(10-8-16)15-17-5-4-6-18(20-17)22-11-13-23-14-12-22;1-18(2,3)14-6-8-21(9-7-14)12-13-11-20-17-5-4-15(19)10-16(13)17;1-15(2,3)12-7-9-18(10-8-12)11-13-5-4-6-14(16)17-13;1-12(2)14-5-8-16(9-6-14)11-13-4-3-7-15-10-13/h6-11,18H,12-16H2,1-5H3;7-10,19H,6,11-17H2,1-5H3;4-6,16H,7-15H2,1-3H3;4-5,10-11,14,20H,6-9,12H2,1-3H3;4-6,12H,7-11H2,1-3H3;3-4,7,10,12,14H,5-6,8-9,11H2,1-2H3. The predicted octanol–water partition coefficient (Wildman–Crippen LogP) is 24.2. The van der Waals surface area contributed by atoms with E-state index in [1.165, 1.54) is 199 Å². The van der Waals surface area contributed by atoms with Crippen LogP contribution in [0.1, 0.15) is 235 Å². The summed E-state index contributed by atoms with van der Waals surface area (Å²) in [6, 6.07) is 43.9. The van der Waals surface area contributed by atoms with Crippen LogP contribution >= 0.6 is 15.9 Å². The van der Waals surface area contributed by atoms with Gasteiger partial charge in [0, 0.05) is 114 Å². The van der Waals surface area contributed by atoms with Gasteiger partial charge in [-0.3, -0.25) is 34.4 Å². The second kappa shape index (κ2) is 48.7. The van der Waals surface area contributed by atoms with Gasteiger partial charge in [-0.15, -0.1) is 0 Å². The summed E-state index contributed by atoms with van der Waals surface area (Å²) in [5.74, 6) is 7.98. The number of aromatic nitrogens is 4. The van der Waals surface area contributed by atoms with E-state index in [2.05, 4.69) is 318 Å². The Kier molecular flexibility index (Phi) is 39.3. The number of fused-ring (bicyclic) bond motifs is 2. The molecule has 0 bridgehead atoms. The molecule has 15 nitrogen and oxygen atoms in total. The molecule has 0 spiro atoms. The van der Waals surface area contributed by atoms with Gasteiger partial charge in [-0.05, 0) is 355 Å². The van der Waals surface area contributed by atoms with Gasteiger partial charge in [0.25, 0.3) is 0 Å². The lowest BCUT2D eigenvalue weighted by Gasteiger charge is -2.39. The minimum absolute atomic E-state index is 0.158. The van der Waals surface area contributed by atoms with E-state index in [-0.39, 0.29) is 5.82 Å². The summed E-state index contributed by atoms with van der Waals surface area (Å²) in [6.07, 6.45) is 22.7. The number of hydrogen-bond acceptors (Lipinski definition) is 14. The maximum absolute atomic E-state index is 13.4. The number of halogens is 2. The summed E-state index contributed by atoms with van der Waals surface area (Å²) in [5, 5.41) is 3.79. The van der Waals surface area contributed by atoms with E-state index >= 15 is 0 Å². The van der Waals surface area contributed by atoms with Crippen LogP contribution in [0.5, 0.6) is 5.75 Å². The Balaban J connectivity index is 0.000000159. The SMILES string of the molecule is CC(C)(C)C1CCN(Cc2c[nH]c3ccc(F)cc23)CC1.CC(C)(C)C1CCN(Cc2cccc(Br)n2)CC1.CC(C)(C)C1CCN(Cc2cccc(N3CCOCC3)n2)CC1.CC(C)C1CCN(Cc2cccnc2)CC1.CN(C)CCCOc1ccc(CN2CCC(C(C)(C)C)CC2)cc1.CN(C)c1ccc(CN2CCC(C(C)(C)C)CC2)c2ccccc12. The molecule has 4 aromatic carbocycles. The lowest BCUT2D eigenvalue weighted by Crippen LogP contribution is -2.38. The number of aromatic amines is 1. The van der Waals surface area contributed by atoms with Crippen LogP contribution in [-0.4, -0.2) is 200 Å². The molecule has 7 saturated heterocycles. The summed E-state index contributed by atoms with van der Waals surface area (Å²) in [6.45, 7) is 66.2. The summed E-state index contributed by atoms with van der Waals surface area (Å²) in [7, 11) is 8.44. The van der Waals surface area contributed by atoms with Crippen molar-refractivity contribution in [2.24, 2.45) is 68.5 Å². The molecule has 15 rings (SSSR count). The lowest BCUT2D eigenvalue weighted by atomic mass is 9.75. The minimum Gasteiger partial charge on any atom is -0.494 e. The maximum Gasteiger partial charge on any atom is 0.129 e. The van der Waals surface area contributed by atoms with E-state index in [1.54, 1.807) is 6.07 Å². The van der Waals surface area contributed by atoms with Gasteiger partial charge in [-0.25, -0.2) is 14.4 Å². The van der Waals surface area contributed by atoms with Gasteiger partial charge in [0.05, 0.1) is 31.2 Å². The highest BCUT2D eigenvalue weighted by Gasteiger charge is 2.35. The number of piperidine rings is 6. The van der Waals surface area contributed by atoms with E-state index in [4.69, 9.17) is 14.5 Å². The van der Waals surface area contributed by atoms with Crippen LogP contribution in [0, 0.1) is 74.3 Å². The monoisotopic (exact) mass is 1790 g/mol. The number of anilines is 2. The first-order valence-electron chi connectivity index (χ1n) is 48.8. The number of H-pyrrole nitrogens is 1. The van der Waals surface area contributed by atoms with Crippen molar-refractivity contribution in [3.63, 3.8) is 0 Å². The molecule has 11 heterocycles. The third-order valence-electron chi connectivity index (χ3n) is 28.8. The highest BCUT2D eigenvalue weighted by Crippen LogP contribution is 2.41. The molecule has 0 unspecified atom stereocenters. The number of benzene rings is 4. The molecule has 0 saturated carbocycles. The fourth-order valence-corrected chi connectivity index (χ4v) is 20.4. The normalized spacial score (nSPS) is 18.8. The van der Waals surface area contributed by atoms with E-state index in [1.807, 2.05) is 36.8 Å². The molecule has 7 fully saturated rings. The molecule has 7 aliphatic heterocycles. The molecule has 0 aliphatic carbocycles. The zero-order valence-corrected chi connectivity index (χ0v) is 84.1. The van der Waals surface area contributed by atoms with Crippen molar-refractivity contribution in [1.29, 1.82) is 0 Å². The summed E-state index contributed by atoms with van der Waals surface area (Å²) in [5.41, 5.74) is 12.3. The zero-order chi connectivity index (χ0) is 90.8. The molecule has 696 valence electrons. The molecule has 7 aliphatic rings. The van der Waals surface area contributed by atoms with Crippen molar-refractivity contribution < 1.29 is 13.9 Å². The van der Waals surface area contributed by atoms with Crippen molar-refractivity contribution in [1.82, 2.24) is 54.2 Å². The highest BCUT2D eigenvalue weighted by molar-refractivity contribution is 9.10. The van der Waals surface area contributed by atoms with Crippen LogP contribution in [0.15, 0.2) is 151 Å². The second-order valence-electron chi connectivity index (χ2n) is 44.2. The van der Waals surface area contributed by atoms with Crippen molar-refractivity contribution in [3.05, 3.63) is 190 Å². The molecule has 0 atom stereocenters. The third-order valence-corrected chi connectivity index (χ3v) is 29.2. The van der Waals surface area contributed by atoms with Crippen LogP contribution in [0.25, 0.3) is 21.7 Å². The molecule has 4 aromatic heterocycles. The Morgan fingerprint density at radius 3 is 1.37 bits per heavy atom. The fraction of sp³-hybridized carbons (Fsp3) is 0.642. The summed E-state index contributed by atoms with van der Waals surface area (Å²) in [4.78, 5) is 38.9. The number of hydrogen-bond donors (Lipinski definition) is 1. The van der Waals surface area contributed by atoms with Gasteiger partial charge in [0.2, 0.25) is 0 Å². The van der Waals surface area contributed by atoms with Crippen LogP contribution in [0.3, 0.4) is 0 Å². The largest absolute Gasteiger partial charge is 0.494 e. The fourth-order valence-electron chi connectivity index (χ4n) is 20.0. The first-order valence-corrected chi connectivity index (χ1v) is 49.6. The molecule has 0 radical (unpaired) electrons. The van der Waals surface area contributed by atoms with Crippen LogP contribution in [0.4, 0.5) is 15.9 Å². The summed E-state index contributed by atoms with van der Waals surface area (Å²) >= 11 is 3.43. The zero-order valence-electron chi connectivity index (χ0n) is 82.5. The lowest BCUT2D eigenvalue weighted by molar-refractivity contribution is 0.107. The molecule has 0 amide bonds. The van der Waals surface area contributed by atoms with Crippen molar-refractivity contribution >= 4 is 49.1 Å². The smallest absolute Gasteiger partial charge is 0.129 e. The van der Waals surface area contributed by atoms with Gasteiger partial charge in [-0.1, -0.05) is 178 Å². The molecule has 8 aromatic rings. The van der Waals surface area contributed by atoms with E-state index in [9.17, 15) is 4.39 Å². The quantitative estimate of drug-likeness (QED) is 0.0579. The van der Waals surface area contributed by atoms with Gasteiger partial charge < -0.3 is 29.2 Å². The first-order chi connectivity index (χ1) is 59.9. The van der Waals surface area contributed by atoms with E-state index in [0.29, 0.717) is 27.1 Å². The van der Waals surface area contributed by atoms with Gasteiger partial charge in [0.15, 0.2) is 0 Å². The molecular weight excluding hydrogens is 1620 g/mol. The number of rotatable bonds is 20. The first kappa shape index (κ1) is 102. The second-order valence-corrected chi connectivity index (χ2v) is 45.0. The number of nitrogens with one attached hydrogen (secondary N) is 1. The maximum atomic E-state index is 13.4. The van der Waals surface area contributed by atoms with Gasteiger partial charge >= 0.3 is 0 Å². The number of pyridine rings is 3. The van der Waals surface area contributed by atoms with Crippen LogP contribution < -0.4 is 14.5 Å². The van der Waals surface area contributed by atoms with Crippen molar-refractivity contribution in [2.75, 3.05) is 156 Å². The number of likely N-dealkylation sites (tertiary alicyclic amines) is 6. The Bertz CT molecular complexity index is 4410. The molecule has 1 N–H and O–H groups in total. The third kappa shape index (κ3) is 33.5. The van der Waals surface area contributed by atoms with Crippen molar-refractivity contribution in [3.8, 4) is 5.75 Å². The number of nitrogens with zero attached hydrogens (tertiary/aromatic N) is 12. The van der Waals surface area contributed by atoms with E-state index < -0.39 is 0 Å². The van der Waals surface area contributed by atoms with Gasteiger partial charge in [-0.2, -0.15) is 0 Å². The Labute approximate surface area is 773 Å².